The molecule has 1 heterocycles. The van der Waals surface area contributed by atoms with Gasteiger partial charge in [0.2, 0.25) is 0 Å². The average molecular weight is 389 g/mol. The molecule has 1 atom stereocenters. The van der Waals surface area contributed by atoms with Crippen molar-refractivity contribution >= 4 is 21.8 Å². The Hall–Kier alpha value is -2.98. The summed E-state index contributed by atoms with van der Waals surface area (Å²) in [4.78, 5) is 3.41. The molecule has 4 aromatic rings. The van der Waals surface area contributed by atoms with Gasteiger partial charge in [0.15, 0.2) is 0 Å². The molecule has 0 spiro atoms. The summed E-state index contributed by atoms with van der Waals surface area (Å²) in [6, 6.07) is 22.3. The highest BCUT2D eigenvalue weighted by Gasteiger charge is 2.08. The van der Waals surface area contributed by atoms with E-state index in [2.05, 4.69) is 17.1 Å². The van der Waals surface area contributed by atoms with Crippen LogP contribution in [0, 0.1) is 6.92 Å². The molecule has 0 saturated carbocycles. The molecule has 0 saturated heterocycles. The van der Waals surface area contributed by atoms with Gasteiger partial charge in [0.1, 0.15) is 18.1 Å². The monoisotopic (exact) mass is 389 g/mol. The Morgan fingerprint density at radius 3 is 2.55 bits per heavy atom. The second-order valence-electron chi connectivity index (χ2n) is 7.45. The molecule has 4 rings (SSSR count). The van der Waals surface area contributed by atoms with Crippen LogP contribution >= 0.6 is 0 Å². The van der Waals surface area contributed by atoms with Crippen molar-refractivity contribution < 1.29 is 14.6 Å². The number of aliphatic hydroxyl groups excluding tert-OH is 1. The first kappa shape index (κ1) is 19.3. The summed E-state index contributed by atoms with van der Waals surface area (Å²) in [5, 5.41) is 12.6. The van der Waals surface area contributed by atoms with Gasteiger partial charge < -0.3 is 19.6 Å². The Morgan fingerprint density at radius 1 is 0.862 bits per heavy atom. The molecule has 0 aliphatic heterocycles. The second kappa shape index (κ2) is 9.01. The zero-order chi connectivity index (χ0) is 20.1. The minimum Gasteiger partial charge on any atom is -0.493 e. The molecule has 29 heavy (non-hydrogen) atoms. The number of aromatic amines is 1. The topological polar surface area (TPSA) is 54.5 Å². The van der Waals surface area contributed by atoms with E-state index in [-0.39, 0.29) is 0 Å². The van der Waals surface area contributed by atoms with Gasteiger partial charge >= 0.3 is 0 Å². The number of benzene rings is 3. The summed E-state index contributed by atoms with van der Waals surface area (Å²) >= 11 is 0. The standard InChI is InChI=1S/C25H27NO3/c1-18-8-2-5-12-25(18)28-15-7-6-9-19(27)17-29-20-13-14-24-22(16-20)21-10-3-4-11-23(21)26-24/h2-5,8,10-14,16,19,26-27H,6-7,9,15,17H2,1H3. The molecule has 0 amide bonds. The van der Waals surface area contributed by atoms with E-state index >= 15 is 0 Å². The predicted molar refractivity (Wildman–Crippen MR) is 118 cm³/mol. The van der Waals surface area contributed by atoms with E-state index in [1.165, 1.54) is 5.39 Å². The van der Waals surface area contributed by atoms with Crippen LogP contribution in [0.1, 0.15) is 24.8 Å². The first-order chi connectivity index (χ1) is 14.2. The first-order valence-corrected chi connectivity index (χ1v) is 10.2. The van der Waals surface area contributed by atoms with Gasteiger partial charge in [-0.1, -0.05) is 36.4 Å². The van der Waals surface area contributed by atoms with Crippen molar-refractivity contribution in [2.45, 2.75) is 32.3 Å². The number of rotatable bonds is 9. The van der Waals surface area contributed by atoms with E-state index in [1.807, 2.05) is 61.5 Å². The van der Waals surface area contributed by atoms with Gasteiger partial charge in [0, 0.05) is 21.8 Å². The van der Waals surface area contributed by atoms with Crippen molar-refractivity contribution in [1.29, 1.82) is 0 Å². The Bertz CT molecular complexity index is 1090. The minimum absolute atomic E-state index is 0.298. The number of fused-ring (bicyclic) bond motifs is 3. The molecule has 3 aromatic carbocycles. The Balaban J connectivity index is 1.23. The third-order valence-electron chi connectivity index (χ3n) is 5.20. The summed E-state index contributed by atoms with van der Waals surface area (Å²) < 4.78 is 11.6. The van der Waals surface area contributed by atoms with E-state index in [0.29, 0.717) is 19.6 Å². The van der Waals surface area contributed by atoms with Crippen molar-refractivity contribution in [2.75, 3.05) is 13.2 Å². The van der Waals surface area contributed by atoms with E-state index in [1.54, 1.807) is 0 Å². The number of para-hydroxylation sites is 2. The van der Waals surface area contributed by atoms with Crippen LogP contribution in [-0.2, 0) is 0 Å². The van der Waals surface area contributed by atoms with Gasteiger partial charge in [0.25, 0.3) is 0 Å². The molecule has 150 valence electrons. The van der Waals surface area contributed by atoms with Crippen molar-refractivity contribution in [2.24, 2.45) is 0 Å². The minimum atomic E-state index is -0.480. The molecule has 0 aliphatic rings. The van der Waals surface area contributed by atoms with E-state index in [0.717, 1.165) is 46.3 Å². The SMILES string of the molecule is Cc1ccccc1OCCCCC(O)COc1ccc2[nH]c3ccccc3c2c1. The van der Waals surface area contributed by atoms with Gasteiger partial charge in [-0.15, -0.1) is 0 Å². The highest BCUT2D eigenvalue weighted by atomic mass is 16.5. The lowest BCUT2D eigenvalue weighted by Crippen LogP contribution is -2.17. The van der Waals surface area contributed by atoms with Crippen molar-refractivity contribution in [3.05, 3.63) is 72.3 Å². The zero-order valence-corrected chi connectivity index (χ0v) is 16.7. The largest absolute Gasteiger partial charge is 0.493 e. The second-order valence-corrected chi connectivity index (χ2v) is 7.45. The number of unbranched alkanes of at least 4 members (excludes halogenated alkanes) is 1. The zero-order valence-electron chi connectivity index (χ0n) is 16.7. The predicted octanol–water partition coefficient (Wildman–Crippen LogP) is 5.62. The molecular weight excluding hydrogens is 362 g/mol. The molecule has 0 radical (unpaired) electrons. The molecule has 0 bridgehead atoms. The molecule has 0 aliphatic carbocycles. The fourth-order valence-corrected chi connectivity index (χ4v) is 3.58. The molecule has 2 N–H and O–H groups in total. The lowest BCUT2D eigenvalue weighted by molar-refractivity contribution is 0.0965. The third-order valence-corrected chi connectivity index (χ3v) is 5.20. The number of aromatic nitrogens is 1. The van der Waals surface area contributed by atoms with Crippen LogP contribution in [0.15, 0.2) is 66.7 Å². The quantitative estimate of drug-likeness (QED) is 0.365. The molecule has 1 aromatic heterocycles. The maximum absolute atomic E-state index is 10.2. The first-order valence-electron chi connectivity index (χ1n) is 10.2. The van der Waals surface area contributed by atoms with Crippen molar-refractivity contribution in [3.8, 4) is 11.5 Å². The fraction of sp³-hybridized carbons (Fsp3) is 0.280. The smallest absolute Gasteiger partial charge is 0.122 e. The highest BCUT2D eigenvalue weighted by molar-refractivity contribution is 6.07. The maximum Gasteiger partial charge on any atom is 0.122 e. The third kappa shape index (κ3) is 4.72. The summed E-state index contributed by atoms with van der Waals surface area (Å²) in [5.41, 5.74) is 3.36. The summed E-state index contributed by atoms with van der Waals surface area (Å²) in [7, 11) is 0. The number of aliphatic hydroxyl groups is 1. The number of nitrogens with one attached hydrogen (secondary N) is 1. The number of hydrogen-bond acceptors (Lipinski definition) is 3. The summed E-state index contributed by atoms with van der Waals surface area (Å²) in [6.07, 6.45) is 2.03. The summed E-state index contributed by atoms with van der Waals surface area (Å²) in [6.45, 7) is 3.01. The van der Waals surface area contributed by atoms with E-state index in [4.69, 9.17) is 9.47 Å². The van der Waals surface area contributed by atoms with Gasteiger partial charge in [-0.2, -0.15) is 0 Å². The van der Waals surface area contributed by atoms with Crippen LogP contribution in [0.25, 0.3) is 21.8 Å². The Morgan fingerprint density at radius 2 is 1.66 bits per heavy atom. The van der Waals surface area contributed by atoms with E-state index < -0.39 is 6.10 Å². The normalized spacial score (nSPS) is 12.3. The van der Waals surface area contributed by atoms with Crippen molar-refractivity contribution in [1.82, 2.24) is 4.98 Å². The van der Waals surface area contributed by atoms with Crippen LogP contribution in [0.5, 0.6) is 11.5 Å². The average Bonchev–Trinajstić information content (AvgIpc) is 3.11. The number of ether oxygens (including phenoxy) is 2. The van der Waals surface area contributed by atoms with Crippen LogP contribution in [0.2, 0.25) is 0 Å². The Kier molecular flexibility index (Phi) is 6.01. The number of hydrogen-bond donors (Lipinski definition) is 2. The van der Waals surface area contributed by atoms with Gasteiger partial charge in [0.05, 0.1) is 12.7 Å². The van der Waals surface area contributed by atoms with Crippen LogP contribution in [0.4, 0.5) is 0 Å². The van der Waals surface area contributed by atoms with Gasteiger partial charge in [-0.05, 0) is 62.1 Å². The fourth-order valence-electron chi connectivity index (χ4n) is 3.58. The summed E-state index contributed by atoms with van der Waals surface area (Å²) in [5.74, 6) is 1.72. The molecular formula is C25H27NO3. The molecule has 1 unspecified atom stereocenters. The molecule has 4 heteroatoms. The van der Waals surface area contributed by atoms with E-state index in [9.17, 15) is 5.11 Å². The number of aryl methyl sites for hydroxylation is 1. The van der Waals surface area contributed by atoms with Crippen LogP contribution in [-0.4, -0.2) is 29.4 Å². The van der Waals surface area contributed by atoms with Crippen LogP contribution < -0.4 is 9.47 Å². The highest BCUT2D eigenvalue weighted by Crippen LogP contribution is 2.28. The lowest BCUT2D eigenvalue weighted by Gasteiger charge is -2.13. The van der Waals surface area contributed by atoms with Crippen LogP contribution in [0.3, 0.4) is 0 Å². The lowest BCUT2D eigenvalue weighted by atomic mass is 10.1. The molecule has 0 fully saturated rings. The Labute approximate surface area is 171 Å². The maximum atomic E-state index is 10.2. The molecule has 4 nitrogen and oxygen atoms in total. The van der Waals surface area contributed by atoms with Gasteiger partial charge in [-0.3, -0.25) is 0 Å². The van der Waals surface area contributed by atoms with Crippen molar-refractivity contribution in [3.63, 3.8) is 0 Å². The number of H-pyrrole nitrogens is 1. The van der Waals surface area contributed by atoms with Gasteiger partial charge in [-0.25, -0.2) is 0 Å².